The Kier molecular flexibility index (Phi) is 3.53. The SMILES string of the molecule is COc1cccc2c1cc(CO)n2CCC(=O)O. The number of aromatic nitrogens is 1. The van der Waals surface area contributed by atoms with E-state index in [4.69, 9.17) is 9.84 Å². The number of benzene rings is 1. The lowest BCUT2D eigenvalue weighted by Gasteiger charge is -2.08. The number of aliphatic carboxylic acids is 1. The maximum Gasteiger partial charge on any atom is 0.305 e. The van der Waals surface area contributed by atoms with E-state index in [0.717, 1.165) is 16.7 Å². The van der Waals surface area contributed by atoms with Crippen LogP contribution in [0.15, 0.2) is 24.3 Å². The number of aliphatic hydroxyl groups is 1. The van der Waals surface area contributed by atoms with Crippen LogP contribution in [0.25, 0.3) is 10.9 Å². The third kappa shape index (κ3) is 2.17. The maximum atomic E-state index is 10.7. The number of aliphatic hydroxyl groups excluding tert-OH is 1. The second-order valence-corrected chi connectivity index (χ2v) is 3.98. The number of fused-ring (bicyclic) bond motifs is 1. The lowest BCUT2D eigenvalue weighted by molar-refractivity contribution is -0.137. The molecule has 96 valence electrons. The zero-order chi connectivity index (χ0) is 13.1. The van der Waals surface area contributed by atoms with Crippen LogP contribution >= 0.6 is 0 Å². The highest BCUT2D eigenvalue weighted by Gasteiger charge is 2.12. The van der Waals surface area contributed by atoms with Gasteiger partial charge in [0.25, 0.3) is 0 Å². The van der Waals surface area contributed by atoms with Gasteiger partial charge in [-0.05, 0) is 18.2 Å². The third-order valence-electron chi connectivity index (χ3n) is 2.92. The van der Waals surface area contributed by atoms with E-state index in [1.54, 1.807) is 7.11 Å². The summed E-state index contributed by atoms with van der Waals surface area (Å²) in [5.74, 6) is -0.139. The smallest absolute Gasteiger partial charge is 0.305 e. The Hall–Kier alpha value is -2.01. The molecule has 0 radical (unpaired) electrons. The van der Waals surface area contributed by atoms with Crippen molar-refractivity contribution in [1.82, 2.24) is 4.57 Å². The van der Waals surface area contributed by atoms with Crippen molar-refractivity contribution in [2.75, 3.05) is 7.11 Å². The van der Waals surface area contributed by atoms with Crippen LogP contribution < -0.4 is 4.74 Å². The molecule has 2 aromatic rings. The van der Waals surface area contributed by atoms with E-state index in [2.05, 4.69) is 0 Å². The molecule has 0 saturated heterocycles. The largest absolute Gasteiger partial charge is 0.496 e. The Labute approximate surface area is 104 Å². The number of carboxylic acid groups (broad SMARTS) is 1. The summed E-state index contributed by atoms with van der Waals surface area (Å²) in [7, 11) is 1.59. The topological polar surface area (TPSA) is 71.7 Å². The monoisotopic (exact) mass is 249 g/mol. The van der Waals surface area contributed by atoms with Crippen molar-refractivity contribution in [3.05, 3.63) is 30.0 Å². The van der Waals surface area contributed by atoms with Crippen molar-refractivity contribution in [2.45, 2.75) is 19.6 Å². The van der Waals surface area contributed by atoms with Gasteiger partial charge in [-0.15, -0.1) is 0 Å². The van der Waals surface area contributed by atoms with E-state index in [1.165, 1.54) is 0 Å². The number of ether oxygens (including phenoxy) is 1. The number of aryl methyl sites for hydroxylation is 1. The van der Waals surface area contributed by atoms with Crippen molar-refractivity contribution in [3.8, 4) is 5.75 Å². The number of carbonyl (C=O) groups is 1. The molecule has 0 spiro atoms. The first-order valence-electron chi connectivity index (χ1n) is 5.65. The zero-order valence-electron chi connectivity index (χ0n) is 10.1. The Morgan fingerprint density at radius 1 is 1.44 bits per heavy atom. The van der Waals surface area contributed by atoms with Gasteiger partial charge in [0, 0.05) is 17.6 Å². The van der Waals surface area contributed by atoms with E-state index in [0.29, 0.717) is 12.2 Å². The predicted molar refractivity (Wildman–Crippen MR) is 66.7 cm³/mol. The quantitative estimate of drug-likeness (QED) is 0.844. The van der Waals surface area contributed by atoms with Gasteiger partial charge in [-0.2, -0.15) is 0 Å². The summed E-state index contributed by atoms with van der Waals surface area (Å²) in [5.41, 5.74) is 1.57. The molecular formula is C13H15NO4. The van der Waals surface area contributed by atoms with Crippen LogP contribution in [-0.2, 0) is 17.9 Å². The van der Waals surface area contributed by atoms with Gasteiger partial charge in [0.05, 0.1) is 25.7 Å². The number of hydrogen-bond acceptors (Lipinski definition) is 3. The molecule has 0 atom stereocenters. The molecule has 5 nitrogen and oxygen atoms in total. The third-order valence-corrected chi connectivity index (χ3v) is 2.92. The van der Waals surface area contributed by atoms with Crippen molar-refractivity contribution in [3.63, 3.8) is 0 Å². The van der Waals surface area contributed by atoms with Crippen LogP contribution in [0.5, 0.6) is 5.75 Å². The van der Waals surface area contributed by atoms with Gasteiger partial charge in [-0.25, -0.2) is 0 Å². The number of rotatable bonds is 5. The van der Waals surface area contributed by atoms with E-state index in [-0.39, 0.29) is 13.0 Å². The van der Waals surface area contributed by atoms with Crippen LogP contribution in [0.1, 0.15) is 12.1 Å². The van der Waals surface area contributed by atoms with Crippen LogP contribution in [-0.4, -0.2) is 27.9 Å². The van der Waals surface area contributed by atoms with E-state index in [1.807, 2.05) is 28.8 Å². The molecule has 0 bridgehead atoms. The Morgan fingerprint density at radius 2 is 2.22 bits per heavy atom. The number of carboxylic acids is 1. The average Bonchev–Trinajstić information content (AvgIpc) is 2.73. The van der Waals surface area contributed by atoms with E-state index < -0.39 is 5.97 Å². The lowest BCUT2D eigenvalue weighted by Crippen LogP contribution is -2.07. The van der Waals surface area contributed by atoms with Crippen LogP contribution in [0.4, 0.5) is 0 Å². The fourth-order valence-electron chi connectivity index (χ4n) is 2.09. The van der Waals surface area contributed by atoms with Gasteiger partial charge in [0.15, 0.2) is 0 Å². The maximum absolute atomic E-state index is 10.7. The molecule has 1 heterocycles. The Balaban J connectivity index is 2.52. The van der Waals surface area contributed by atoms with Crippen molar-refractivity contribution >= 4 is 16.9 Å². The predicted octanol–water partition coefficient (Wildman–Crippen LogP) is 1.62. The fraction of sp³-hybridized carbons (Fsp3) is 0.308. The molecule has 18 heavy (non-hydrogen) atoms. The molecule has 0 saturated carbocycles. The minimum Gasteiger partial charge on any atom is -0.496 e. The average molecular weight is 249 g/mol. The van der Waals surface area contributed by atoms with Gasteiger partial charge in [-0.1, -0.05) is 6.07 Å². The highest BCUT2D eigenvalue weighted by molar-refractivity contribution is 5.87. The first-order chi connectivity index (χ1) is 8.67. The highest BCUT2D eigenvalue weighted by Crippen LogP contribution is 2.29. The van der Waals surface area contributed by atoms with Crippen LogP contribution in [0, 0.1) is 0 Å². The van der Waals surface area contributed by atoms with Gasteiger partial charge >= 0.3 is 5.97 Å². The Morgan fingerprint density at radius 3 is 2.83 bits per heavy atom. The molecule has 0 aliphatic rings. The van der Waals surface area contributed by atoms with Gasteiger partial charge in [-0.3, -0.25) is 4.79 Å². The summed E-state index contributed by atoms with van der Waals surface area (Å²) >= 11 is 0. The van der Waals surface area contributed by atoms with Crippen molar-refractivity contribution in [2.24, 2.45) is 0 Å². The minimum absolute atomic E-state index is 0.0218. The van der Waals surface area contributed by atoms with Crippen LogP contribution in [0.2, 0.25) is 0 Å². The molecule has 2 N–H and O–H groups in total. The van der Waals surface area contributed by atoms with Crippen molar-refractivity contribution in [1.29, 1.82) is 0 Å². The van der Waals surface area contributed by atoms with Gasteiger partial charge in [0.2, 0.25) is 0 Å². The molecule has 0 aliphatic carbocycles. The lowest BCUT2D eigenvalue weighted by atomic mass is 10.2. The molecular weight excluding hydrogens is 234 g/mol. The minimum atomic E-state index is -0.858. The van der Waals surface area contributed by atoms with E-state index >= 15 is 0 Å². The summed E-state index contributed by atoms with van der Waals surface area (Å²) in [6, 6.07) is 7.40. The summed E-state index contributed by atoms with van der Waals surface area (Å²) in [5, 5.41) is 19.0. The standard InChI is InChI=1S/C13H15NO4/c1-18-12-4-2-3-11-10(12)7-9(8-15)14(11)6-5-13(16)17/h2-4,7,15H,5-6,8H2,1H3,(H,16,17). The fourth-order valence-corrected chi connectivity index (χ4v) is 2.09. The summed E-state index contributed by atoms with van der Waals surface area (Å²) in [6.45, 7) is 0.208. The molecule has 0 aliphatic heterocycles. The molecule has 2 rings (SSSR count). The first kappa shape index (κ1) is 12.4. The second kappa shape index (κ2) is 5.10. The summed E-state index contributed by atoms with van der Waals surface area (Å²) < 4.78 is 7.07. The van der Waals surface area contributed by atoms with Gasteiger partial charge < -0.3 is 19.5 Å². The molecule has 5 heteroatoms. The number of methoxy groups -OCH3 is 1. The van der Waals surface area contributed by atoms with Gasteiger partial charge in [0.1, 0.15) is 5.75 Å². The van der Waals surface area contributed by atoms with Crippen LogP contribution in [0.3, 0.4) is 0 Å². The molecule has 0 unspecified atom stereocenters. The molecule has 1 aromatic carbocycles. The number of nitrogens with zero attached hydrogens (tertiary/aromatic N) is 1. The second-order valence-electron chi connectivity index (χ2n) is 3.98. The Bertz CT molecular complexity index is 574. The first-order valence-corrected chi connectivity index (χ1v) is 5.65. The van der Waals surface area contributed by atoms with E-state index in [9.17, 15) is 9.90 Å². The van der Waals surface area contributed by atoms with Crippen molar-refractivity contribution < 1.29 is 19.7 Å². The normalized spacial score (nSPS) is 10.8. The number of hydrogen-bond donors (Lipinski definition) is 2. The highest BCUT2D eigenvalue weighted by atomic mass is 16.5. The molecule has 1 aromatic heterocycles. The zero-order valence-corrected chi connectivity index (χ0v) is 10.1. The molecule has 0 fully saturated rings. The summed E-state index contributed by atoms with van der Waals surface area (Å²) in [6.07, 6.45) is 0.0218. The summed E-state index contributed by atoms with van der Waals surface area (Å²) in [4.78, 5) is 10.7. The molecule has 0 amide bonds.